The van der Waals surface area contributed by atoms with Gasteiger partial charge in [-0.3, -0.25) is 4.79 Å². The summed E-state index contributed by atoms with van der Waals surface area (Å²) in [5.74, 6) is -0.194. The number of nitrogens with one attached hydrogen (secondary N) is 1. The van der Waals surface area contributed by atoms with E-state index in [1.807, 2.05) is 14.1 Å². The molecule has 0 saturated carbocycles. The average Bonchev–Trinajstić information content (AvgIpc) is 3.37. The van der Waals surface area contributed by atoms with Gasteiger partial charge in [-0.1, -0.05) is 18.2 Å². The molecular weight excluding hydrogens is 394 g/mol. The van der Waals surface area contributed by atoms with E-state index in [1.165, 1.54) is 21.2 Å². The highest BCUT2D eigenvalue weighted by Crippen LogP contribution is 2.28. The van der Waals surface area contributed by atoms with E-state index < -0.39 is 16.1 Å². The highest BCUT2D eigenvalue weighted by atomic mass is 32.2. The number of carbonyl (C=O) groups excluding carboxylic acids is 1. The van der Waals surface area contributed by atoms with Crippen LogP contribution in [0.4, 0.5) is 5.69 Å². The summed E-state index contributed by atoms with van der Waals surface area (Å²) in [5.41, 5.74) is 2.38. The zero-order chi connectivity index (χ0) is 20.1. The van der Waals surface area contributed by atoms with Crippen molar-refractivity contribution in [3.05, 3.63) is 47.3 Å². The van der Waals surface area contributed by atoms with Crippen LogP contribution in [0.2, 0.25) is 0 Å². The second-order valence-electron chi connectivity index (χ2n) is 7.16. The van der Waals surface area contributed by atoms with Crippen molar-refractivity contribution in [3.63, 3.8) is 0 Å². The van der Waals surface area contributed by atoms with Gasteiger partial charge < -0.3 is 10.2 Å². The Hall–Kier alpha value is -1.90. The number of hydrogen-bond acceptors (Lipinski definition) is 5. The smallest absolute Gasteiger partial charge is 0.253 e. The summed E-state index contributed by atoms with van der Waals surface area (Å²) in [5, 5.41) is 4.66. The molecule has 2 heterocycles. The third-order valence-corrected chi connectivity index (χ3v) is 8.24. The molecule has 1 aromatic heterocycles. The highest BCUT2D eigenvalue weighted by Gasteiger charge is 2.39. The topological polar surface area (TPSA) is 69.7 Å². The molecule has 8 heteroatoms. The van der Waals surface area contributed by atoms with Crippen molar-refractivity contribution >= 4 is 33.0 Å². The molecule has 2 aromatic rings. The fraction of sp³-hybridized carbons (Fsp3) is 0.450. The first-order valence-electron chi connectivity index (χ1n) is 9.49. The molecule has 1 aliphatic rings. The molecule has 0 bridgehead atoms. The van der Waals surface area contributed by atoms with Gasteiger partial charge in [-0.05, 0) is 54.8 Å². The third kappa shape index (κ3) is 4.74. The van der Waals surface area contributed by atoms with E-state index in [9.17, 15) is 13.2 Å². The van der Waals surface area contributed by atoms with Crippen molar-refractivity contribution in [2.75, 3.05) is 32.1 Å². The predicted octanol–water partition coefficient (Wildman–Crippen LogP) is 2.72. The number of sulfonamides is 1. The van der Waals surface area contributed by atoms with Crippen LogP contribution in [-0.2, 0) is 21.2 Å². The first-order valence-corrected chi connectivity index (χ1v) is 11.8. The SMILES string of the molecule is CN(C)c1ccc(CCCNC(=O)C2CCCN2S(=O)(=O)c2cccs2)cc1. The predicted molar refractivity (Wildman–Crippen MR) is 113 cm³/mol. The minimum atomic E-state index is -3.59. The van der Waals surface area contributed by atoms with Crippen LogP contribution in [-0.4, -0.2) is 51.9 Å². The molecule has 1 N–H and O–H groups in total. The Morgan fingerprint density at radius 2 is 2.00 bits per heavy atom. The Morgan fingerprint density at radius 3 is 2.64 bits per heavy atom. The van der Waals surface area contributed by atoms with Crippen molar-refractivity contribution in [2.24, 2.45) is 0 Å². The summed E-state index contributed by atoms with van der Waals surface area (Å²) in [6, 6.07) is 11.1. The van der Waals surface area contributed by atoms with Crippen LogP contribution in [0, 0.1) is 0 Å². The number of anilines is 1. The molecule has 1 amide bonds. The lowest BCUT2D eigenvalue weighted by molar-refractivity contribution is -0.124. The van der Waals surface area contributed by atoms with Crippen LogP contribution in [0.15, 0.2) is 46.0 Å². The van der Waals surface area contributed by atoms with Crippen LogP contribution >= 0.6 is 11.3 Å². The number of nitrogens with zero attached hydrogens (tertiary/aromatic N) is 2. The average molecular weight is 422 g/mol. The summed E-state index contributed by atoms with van der Waals surface area (Å²) in [6.07, 6.45) is 2.97. The van der Waals surface area contributed by atoms with E-state index in [1.54, 1.807) is 17.5 Å². The summed E-state index contributed by atoms with van der Waals surface area (Å²) in [6.45, 7) is 0.939. The molecule has 28 heavy (non-hydrogen) atoms. The first-order chi connectivity index (χ1) is 13.4. The Bertz CT molecular complexity index is 878. The third-order valence-electron chi connectivity index (χ3n) is 4.96. The van der Waals surface area contributed by atoms with Crippen LogP contribution in [0.5, 0.6) is 0 Å². The molecule has 0 spiro atoms. The molecular formula is C20H27N3O3S2. The highest BCUT2D eigenvalue weighted by molar-refractivity contribution is 7.91. The zero-order valence-corrected chi connectivity index (χ0v) is 17.9. The van der Waals surface area contributed by atoms with Gasteiger partial charge in [0.05, 0.1) is 0 Å². The second-order valence-corrected chi connectivity index (χ2v) is 10.2. The van der Waals surface area contributed by atoms with E-state index in [0.717, 1.165) is 18.5 Å². The monoisotopic (exact) mass is 421 g/mol. The first kappa shape index (κ1) is 20.8. The molecule has 1 atom stereocenters. The Balaban J connectivity index is 1.50. The summed E-state index contributed by atoms with van der Waals surface area (Å²) >= 11 is 1.19. The standard InChI is InChI=1S/C20H27N3O3S2/c1-22(2)17-11-9-16(10-12-17)6-3-13-21-20(24)18-7-4-14-23(18)28(25,26)19-8-5-15-27-19/h5,8-12,15,18H,3-4,6-7,13-14H2,1-2H3,(H,21,24). The van der Waals surface area contributed by atoms with E-state index in [4.69, 9.17) is 0 Å². The van der Waals surface area contributed by atoms with Gasteiger partial charge in [-0.25, -0.2) is 8.42 Å². The lowest BCUT2D eigenvalue weighted by Crippen LogP contribution is -2.45. The molecule has 1 saturated heterocycles. The van der Waals surface area contributed by atoms with Crippen molar-refractivity contribution in [1.82, 2.24) is 9.62 Å². The normalized spacial score (nSPS) is 17.6. The van der Waals surface area contributed by atoms with Crippen LogP contribution in [0.3, 0.4) is 0 Å². The van der Waals surface area contributed by atoms with Gasteiger partial charge in [-0.2, -0.15) is 4.31 Å². The Morgan fingerprint density at radius 1 is 1.25 bits per heavy atom. The maximum absolute atomic E-state index is 12.8. The van der Waals surface area contributed by atoms with Crippen molar-refractivity contribution in [1.29, 1.82) is 0 Å². The molecule has 1 fully saturated rings. The lowest BCUT2D eigenvalue weighted by atomic mass is 10.1. The van der Waals surface area contributed by atoms with Gasteiger partial charge >= 0.3 is 0 Å². The van der Waals surface area contributed by atoms with Crippen LogP contribution in [0.25, 0.3) is 0 Å². The molecule has 3 rings (SSSR count). The number of benzene rings is 1. The number of rotatable bonds is 8. The van der Waals surface area contributed by atoms with Gasteiger partial charge in [0, 0.05) is 32.9 Å². The maximum atomic E-state index is 12.8. The minimum absolute atomic E-state index is 0.194. The molecule has 1 unspecified atom stereocenters. The second kappa shape index (κ2) is 9.07. The maximum Gasteiger partial charge on any atom is 0.253 e. The minimum Gasteiger partial charge on any atom is -0.378 e. The van der Waals surface area contributed by atoms with E-state index >= 15 is 0 Å². The van der Waals surface area contributed by atoms with E-state index in [0.29, 0.717) is 30.1 Å². The number of amides is 1. The van der Waals surface area contributed by atoms with Crippen LogP contribution < -0.4 is 10.2 Å². The van der Waals surface area contributed by atoms with Gasteiger partial charge in [0.1, 0.15) is 10.3 Å². The number of hydrogen-bond donors (Lipinski definition) is 1. The van der Waals surface area contributed by atoms with Gasteiger partial charge in [0.2, 0.25) is 5.91 Å². The summed E-state index contributed by atoms with van der Waals surface area (Å²) in [7, 11) is 0.432. The Labute approximate surface area is 171 Å². The fourth-order valence-corrected chi connectivity index (χ4v) is 6.17. The molecule has 0 radical (unpaired) electrons. The molecule has 1 aliphatic heterocycles. The zero-order valence-electron chi connectivity index (χ0n) is 16.3. The fourth-order valence-electron chi connectivity index (χ4n) is 3.40. The Kier molecular flexibility index (Phi) is 6.74. The van der Waals surface area contributed by atoms with E-state index in [-0.39, 0.29) is 5.91 Å². The van der Waals surface area contributed by atoms with Crippen molar-refractivity contribution in [2.45, 2.75) is 35.9 Å². The molecule has 6 nitrogen and oxygen atoms in total. The summed E-state index contributed by atoms with van der Waals surface area (Å²) in [4.78, 5) is 14.6. The molecule has 152 valence electrons. The van der Waals surface area contributed by atoms with E-state index in [2.05, 4.69) is 34.5 Å². The number of thiophene rings is 1. The number of carbonyl (C=O) groups is 1. The van der Waals surface area contributed by atoms with Gasteiger partial charge in [0.15, 0.2) is 0 Å². The summed E-state index contributed by atoms with van der Waals surface area (Å²) < 4.78 is 27.2. The quantitative estimate of drug-likeness (QED) is 0.666. The molecule has 1 aromatic carbocycles. The lowest BCUT2D eigenvalue weighted by Gasteiger charge is -2.22. The number of aryl methyl sites for hydroxylation is 1. The molecule has 0 aliphatic carbocycles. The van der Waals surface area contributed by atoms with Gasteiger partial charge in [0.25, 0.3) is 10.0 Å². The van der Waals surface area contributed by atoms with Crippen molar-refractivity contribution < 1.29 is 13.2 Å². The van der Waals surface area contributed by atoms with Crippen LogP contribution in [0.1, 0.15) is 24.8 Å². The van der Waals surface area contributed by atoms with Gasteiger partial charge in [-0.15, -0.1) is 11.3 Å². The largest absolute Gasteiger partial charge is 0.378 e. The van der Waals surface area contributed by atoms with Crippen molar-refractivity contribution in [3.8, 4) is 0 Å².